The van der Waals surface area contributed by atoms with E-state index in [2.05, 4.69) is 6.92 Å². The van der Waals surface area contributed by atoms with Crippen LogP contribution in [0.1, 0.15) is 57.1 Å². The second-order valence-electron chi connectivity index (χ2n) is 9.82. The minimum Gasteiger partial charge on any atom is -0.464 e. The maximum absolute atomic E-state index is 13.8. The zero-order valence-corrected chi connectivity index (χ0v) is 23.2. The van der Waals surface area contributed by atoms with E-state index in [4.69, 9.17) is 9.15 Å². The molecule has 2 amide bonds. The minimum atomic E-state index is -0.376. The van der Waals surface area contributed by atoms with E-state index in [1.54, 1.807) is 48.4 Å². The number of carbonyl (C=O) groups excluding carboxylic acids is 2. The van der Waals surface area contributed by atoms with Crippen LogP contribution in [-0.2, 0) is 27.4 Å². The maximum atomic E-state index is 13.8. The maximum Gasteiger partial charge on any atom is 0.242 e. The number of carbonyl (C=O) groups is 2. The van der Waals surface area contributed by atoms with Gasteiger partial charge in [0.05, 0.1) is 30.3 Å². The normalized spacial score (nSPS) is 11.9. The Hall–Kier alpha value is -3.52. The molecule has 0 fully saturated rings. The zero-order chi connectivity index (χ0) is 28.2. The van der Waals surface area contributed by atoms with Gasteiger partial charge in [-0.2, -0.15) is 0 Å². The van der Waals surface area contributed by atoms with Crippen molar-refractivity contribution in [2.24, 2.45) is 5.92 Å². The fraction of sp³-hybridized carbons (Fsp3) is 0.452. The molecule has 1 atom stereocenters. The Balaban J connectivity index is 1.89. The number of benzene rings is 2. The van der Waals surface area contributed by atoms with E-state index in [-0.39, 0.29) is 48.6 Å². The Bertz CT molecular complexity index is 1270. The molecule has 210 valence electrons. The molecule has 0 saturated heterocycles. The number of methoxy groups -OCH3 is 1. The molecule has 0 saturated carbocycles. The summed E-state index contributed by atoms with van der Waals surface area (Å²) in [7, 11) is 1.60. The first-order valence-electron chi connectivity index (χ1n) is 13.7. The highest BCUT2D eigenvalue weighted by atomic mass is 19.1. The van der Waals surface area contributed by atoms with Crippen molar-refractivity contribution in [1.29, 1.82) is 0 Å². The smallest absolute Gasteiger partial charge is 0.242 e. The van der Waals surface area contributed by atoms with Crippen molar-refractivity contribution < 1.29 is 23.1 Å². The Morgan fingerprint density at radius 2 is 1.74 bits per heavy atom. The van der Waals surface area contributed by atoms with Gasteiger partial charge in [0.15, 0.2) is 5.43 Å². The molecule has 3 rings (SSSR count). The summed E-state index contributed by atoms with van der Waals surface area (Å²) in [5.41, 5.74) is 1.29. The molecule has 0 aliphatic heterocycles. The first-order chi connectivity index (χ1) is 18.9. The monoisotopic (exact) mass is 538 g/mol. The second-order valence-corrected chi connectivity index (χ2v) is 9.82. The molecule has 7 nitrogen and oxygen atoms in total. The number of hydrogen-bond donors (Lipinski definition) is 0. The summed E-state index contributed by atoms with van der Waals surface area (Å²) in [5.74, 6) is -0.872. The molecule has 3 aromatic rings. The Morgan fingerprint density at radius 1 is 1.00 bits per heavy atom. The van der Waals surface area contributed by atoms with Crippen molar-refractivity contribution in [3.63, 3.8) is 0 Å². The molecular weight excluding hydrogens is 499 g/mol. The number of hydrogen-bond acceptors (Lipinski definition) is 5. The average molecular weight is 539 g/mol. The first-order valence-corrected chi connectivity index (χ1v) is 13.7. The van der Waals surface area contributed by atoms with Gasteiger partial charge in [0, 0.05) is 32.7 Å². The van der Waals surface area contributed by atoms with Crippen molar-refractivity contribution in [3.05, 3.63) is 82.0 Å². The topological polar surface area (TPSA) is 80.1 Å². The van der Waals surface area contributed by atoms with Gasteiger partial charge in [-0.25, -0.2) is 4.39 Å². The van der Waals surface area contributed by atoms with Crippen molar-refractivity contribution in [2.75, 3.05) is 26.8 Å². The summed E-state index contributed by atoms with van der Waals surface area (Å²) in [5, 5.41) is 0.433. The second kappa shape index (κ2) is 15.2. The lowest BCUT2D eigenvalue weighted by Crippen LogP contribution is -2.45. The van der Waals surface area contributed by atoms with Crippen LogP contribution in [0.25, 0.3) is 11.0 Å². The molecular formula is C31H39FN2O5. The molecule has 0 aliphatic carbocycles. The summed E-state index contributed by atoms with van der Waals surface area (Å²) >= 11 is 0. The number of fused-ring (bicyclic) bond motifs is 1. The third kappa shape index (κ3) is 8.48. The van der Waals surface area contributed by atoms with E-state index >= 15 is 0 Å². The van der Waals surface area contributed by atoms with Crippen molar-refractivity contribution in [2.45, 2.75) is 59.0 Å². The summed E-state index contributed by atoms with van der Waals surface area (Å²) in [6, 6.07) is 12.8. The summed E-state index contributed by atoms with van der Waals surface area (Å²) in [6.07, 6.45) is 5.40. The van der Waals surface area contributed by atoms with Crippen LogP contribution >= 0.6 is 0 Å². The number of para-hydroxylation sites is 1. The van der Waals surface area contributed by atoms with E-state index in [0.717, 1.165) is 19.3 Å². The van der Waals surface area contributed by atoms with Gasteiger partial charge in [-0.3, -0.25) is 14.4 Å². The van der Waals surface area contributed by atoms with Crippen molar-refractivity contribution in [1.82, 2.24) is 9.80 Å². The lowest BCUT2D eigenvalue weighted by Gasteiger charge is -2.30. The number of nitrogens with zero attached hydrogens (tertiary/aromatic N) is 2. The summed E-state index contributed by atoms with van der Waals surface area (Å²) < 4.78 is 24.4. The molecule has 8 heteroatoms. The van der Waals surface area contributed by atoms with E-state index in [1.807, 2.05) is 6.92 Å². The molecule has 0 aliphatic rings. The Kier molecular flexibility index (Phi) is 11.7. The van der Waals surface area contributed by atoms with Gasteiger partial charge < -0.3 is 19.0 Å². The molecule has 2 aromatic carbocycles. The van der Waals surface area contributed by atoms with E-state index in [0.29, 0.717) is 48.1 Å². The molecule has 39 heavy (non-hydrogen) atoms. The van der Waals surface area contributed by atoms with Crippen LogP contribution in [0.2, 0.25) is 0 Å². The zero-order valence-electron chi connectivity index (χ0n) is 23.2. The molecule has 1 aromatic heterocycles. The molecule has 0 radical (unpaired) electrons. The highest BCUT2D eigenvalue weighted by Gasteiger charge is 2.27. The summed E-state index contributed by atoms with van der Waals surface area (Å²) in [6.45, 7) is 4.98. The van der Waals surface area contributed by atoms with Crippen LogP contribution in [-0.4, -0.2) is 48.4 Å². The third-order valence-corrected chi connectivity index (χ3v) is 6.91. The highest BCUT2D eigenvalue weighted by Crippen LogP contribution is 2.18. The summed E-state index contributed by atoms with van der Waals surface area (Å²) in [4.78, 5) is 43.6. The molecule has 0 unspecified atom stereocenters. The minimum absolute atomic E-state index is 0.00345. The largest absolute Gasteiger partial charge is 0.464 e. The van der Waals surface area contributed by atoms with Crippen LogP contribution in [0.3, 0.4) is 0 Å². The van der Waals surface area contributed by atoms with Gasteiger partial charge in [-0.05, 0) is 49.1 Å². The van der Waals surface area contributed by atoms with Crippen LogP contribution in [0.15, 0.2) is 64.0 Å². The van der Waals surface area contributed by atoms with Gasteiger partial charge in [0.25, 0.3) is 0 Å². The molecule has 0 bridgehead atoms. The number of halogens is 1. The predicted octanol–water partition coefficient (Wildman–Crippen LogP) is 5.54. The highest BCUT2D eigenvalue weighted by molar-refractivity contribution is 5.86. The number of ether oxygens (including phenoxy) is 1. The van der Waals surface area contributed by atoms with Crippen LogP contribution in [0, 0.1) is 11.7 Å². The third-order valence-electron chi connectivity index (χ3n) is 6.91. The number of unbranched alkanes of at least 4 members (excludes halogenated alkanes) is 1. The number of rotatable bonds is 15. The lowest BCUT2D eigenvalue weighted by atomic mass is 9.97. The van der Waals surface area contributed by atoms with Gasteiger partial charge >= 0.3 is 0 Å². The fourth-order valence-corrected chi connectivity index (χ4v) is 4.62. The van der Waals surface area contributed by atoms with Crippen LogP contribution < -0.4 is 5.43 Å². The first kappa shape index (κ1) is 30.0. The molecule has 0 N–H and O–H groups in total. The van der Waals surface area contributed by atoms with E-state index < -0.39 is 0 Å². The standard InChI is InChI=1S/C31H39FN2O5/c1-4-6-10-24(5-2)31(37)33(17-9-18-38-3)21-29(35)34(19-23-13-15-26(32)16-14-23)20-25-22-39-28-12-8-7-11-27(28)30(25)36/h7-8,11-16,22,24H,4-6,9-10,17-21H2,1-3H3/t24-/m0/s1. The predicted molar refractivity (Wildman–Crippen MR) is 150 cm³/mol. The van der Waals surface area contributed by atoms with E-state index in [1.165, 1.54) is 23.3 Å². The van der Waals surface area contributed by atoms with Gasteiger partial charge in [0.1, 0.15) is 11.4 Å². The quantitative estimate of drug-likeness (QED) is 0.237. The van der Waals surface area contributed by atoms with Gasteiger partial charge in [-0.1, -0.05) is 51.0 Å². The van der Waals surface area contributed by atoms with Gasteiger partial charge in [-0.15, -0.1) is 0 Å². The average Bonchev–Trinajstić information content (AvgIpc) is 2.95. The van der Waals surface area contributed by atoms with Crippen LogP contribution in [0.4, 0.5) is 4.39 Å². The molecule has 1 heterocycles. The lowest BCUT2D eigenvalue weighted by molar-refractivity contribution is -0.144. The SMILES string of the molecule is CCCC[C@H](CC)C(=O)N(CCCOC)CC(=O)N(Cc1ccc(F)cc1)Cc1coc2ccccc2c1=O. The Morgan fingerprint density at radius 3 is 2.44 bits per heavy atom. The number of amides is 2. The van der Waals surface area contributed by atoms with Crippen molar-refractivity contribution >= 4 is 22.8 Å². The van der Waals surface area contributed by atoms with Gasteiger partial charge in [0.2, 0.25) is 11.8 Å². The Labute approximate surface area is 229 Å². The molecule has 0 spiro atoms. The fourth-order valence-electron chi connectivity index (χ4n) is 4.62. The van der Waals surface area contributed by atoms with E-state index in [9.17, 15) is 18.8 Å². The van der Waals surface area contributed by atoms with Crippen molar-refractivity contribution in [3.8, 4) is 0 Å². The van der Waals surface area contributed by atoms with Crippen LogP contribution in [0.5, 0.6) is 0 Å².